The normalized spacial score (nSPS) is 15.3. The minimum absolute atomic E-state index is 0.0411. The Hall–Kier alpha value is -2.47. The van der Waals surface area contributed by atoms with E-state index in [0.717, 1.165) is 6.07 Å². The van der Waals surface area contributed by atoms with Crippen LogP contribution in [0.25, 0.3) is 0 Å². The number of rotatable bonds is 1. The van der Waals surface area contributed by atoms with E-state index in [9.17, 15) is 18.0 Å². The SMILES string of the molecule is O=C(O)c1ccc2c(c1)C(=O)c1ccccc1S2(=O)=O. The highest BCUT2D eigenvalue weighted by Crippen LogP contribution is 2.34. The van der Waals surface area contributed by atoms with Gasteiger partial charge in [-0.1, -0.05) is 12.1 Å². The first-order valence-electron chi connectivity index (χ1n) is 5.69. The average molecular weight is 288 g/mol. The van der Waals surface area contributed by atoms with Crippen molar-refractivity contribution in [2.75, 3.05) is 0 Å². The molecule has 100 valence electrons. The molecule has 1 aliphatic rings. The number of fused-ring (bicyclic) bond motifs is 2. The van der Waals surface area contributed by atoms with Crippen molar-refractivity contribution >= 4 is 21.6 Å². The van der Waals surface area contributed by atoms with Crippen LogP contribution in [0.15, 0.2) is 52.3 Å². The number of carboxylic acids is 1. The molecule has 1 aliphatic heterocycles. The molecule has 0 atom stereocenters. The molecule has 6 heteroatoms. The molecule has 0 radical (unpaired) electrons. The van der Waals surface area contributed by atoms with Crippen LogP contribution in [0.3, 0.4) is 0 Å². The number of benzene rings is 2. The first kappa shape index (κ1) is 12.6. The van der Waals surface area contributed by atoms with E-state index in [1.54, 1.807) is 12.1 Å². The van der Waals surface area contributed by atoms with E-state index in [0.29, 0.717) is 0 Å². The lowest BCUT2D eigenvalue weighted by atomic mass is 10.0. The molecule has 20 heavy (non-hydrogen) atoms. The van der Waals surface area contributed by atoms with Crippen LogP contribution in [-0.2, 0) is 9.84 Å². The summed E-state index contributed by atoms with van der Waals surface area (Å²) in [5, 5.41) is 8.94. The first-order chi connectivity index (χ1) is 9.43. The Labute approximate surface area is 114 Å². The van der Waals surface area contributed by atoms with E-state index in [1.807, 2.05) is 0 Å². The van der Waals surface area contributed by atoms with Crippen molar-refractivity contribution < 1.29 is 23.1 Å². The molecule has 2 aromatic carbocycles. The maximum Gasteiger partial charge on any atom is 0.335 e. The second-order valence-corrected chi connectivity index (χ2v) is 6.23. The Kier molecular flexibility index (Phi) is 2.52. The molecule has 0 aliphatic carbocycles. The van der Waals surface area contributed by atoms with Crippen molar-refractivity contribution in [3.63, 3.8) is 0 Å². The molecule has 0 spiro atoms. The topological polar surface area (TPSA) is 88.5 Å². The van der Waals surface area contributed by atoms with E-state index in [-0.39, 0.29) is 26.5 Å². The van der Waals surface area contributed by atoms with Crippen molar-refractivity contribution in [2.24, 2.45) is 0 Å². The second kappa shape index (κ2) is 4.01. The highest BCUT2D eigenvalue weighted by Gasteiger charge is 2.34. The minimum atomic E-state index is -3.79. The van der Waals surface area contributed by atoms with Gasteiger partial charge in [0.2, 0.25) is 9.84 Å². The van der Waals surface area contributed by atoms with Crippen molar-refractivity contribution in [1.82, 2.24) is 0 Å². The maximum absolute atomic E-state index is 12.4. The van der Waals surface area contributed by atoms with E-state index in [4.69, 9.17) is 5.11 Å². The first-order valence-corrected chi connectivity index (χ1v) is 7.17. The van der Waals surface area contributed by atoms with Gasteiger partial charge in [0.05, 0.1) is 15.4 Å². The van der Waals surface area contributed by atoms with Gasteiger partial charge in [0.25, 0.3) is 0 Å². The van der Waals surface area contributed by atoms with Gasteiger partial charge >= 0.3 is 5.97 Å². The van der Waals surface area contributed by atoms with Crippen LogP contribution in [0, 0.1) is 0 Å². The second-order valence-electron chi connectivity index (χ2n) is 4.34. The predicted molar refractivity (Wildman–Crippen MR) is 68.7 cm³/mol. The van der Waals surface area contributed by atoms with Crippen molar-refractivity contribution in [2.45, 2.75) is 9.79 Å². The summed E-state index contributed by atoms with van der Waals surface area (Å²) in [6.07, 6.45) is 0. The largest absolute Gasteiger partial charge is 0.478 e. The third-order valence-electron chi connectivity index (χ3n) is 3.18. The van der Waals surface area contributed by atoms with Crippen LogP contribution < -0.4 is 0 Å². The fraction of sp³-hybridized carbons (Fsp3) is 0. The molecular formula is C14H8O5S. The van der Waals surface area contributed by atoms with Crippen LogP contribution in [0.5, 0.6) is 0 Å². The highest BCUT2D eigenvalue weighted by molar-refractivity contribution is 7.91. The molecule has 0 amide bonds. The number of hydrogen-bond donors (Lipinski definition) is 1. The Morgan fingerprint density at radius 1 is 0.950 bits per heavy atom. The summed E-state index contributed by atoms with van der Waals surface area (Å²) in [6.45, 7) is 0. The fourth-order valence-corrected chi connectivity index (χ4v) is 3.86. The summed E-state index contributed by atoms with van der Waals surface area (Å²) >= 11 is 0. The van der Waals surface area contributed by atoms with Gasteiger partial charge < -0.3 is 5.11 Å². The van der Waals surface area contributed by atoms with Crippen molar-refractivity contribution in [3.8, 4) is 0 Å². The van der Waals surface area contributed by atoms with Gasteiger partial charge in [0.15, 0.2) is 5.78 Å². The molecule has 0 unspecified atom stereocenters. The monoisotopic (exact) mass is 288 g/mol. The molecule has 0 saturated carbocycles. The summed E-state index contributed by atoms with van der Waals surface area (Å²) in [5.74, 6) is -1.69. The standard InChI is InChI=1S/C14H8O5S/c15-13-9-3-1-2-4-11(9)20(18,19)12-6-5-8(14(16)17)7-10(12)13/h1-7H,(H,16,17). The van der Waals surface area contributed by atoms with Crippen molar-refractivity contribution in [1.29, 1.82) is 0 Å². The summed E-state index contributed by atoms with van der Waals surface area (Å²) in [7, 11) is -3.79. The van der Waals surface area contributed by atoms with Crippen LogP contribution in [0.1, 0.15) is 26.3 Å². The van der Waals surface area contributed by atoms with Gasteiger partial charge in [-0.3, -0.25) is 4.79 Å². The lowest BCUT2D eigenvalue weighted by molar-refractivity contribution is 0.0696. The van der Waals surface area contributed by atoms with Crippen LogP contribution in [0.2, 0.25) is 0 Å². The quantitative estimate of drug-likeness (QED) is 0.737. The molecule has 5 nitrogen and oxygen atoms in total. The third-order valence-corrected chi connectivity index (χ3v) is 5.05. The zero-order valence-electron chi connectivity index (χ0n) is 10.0. The number of sulfone groups is 1. The lowest BCUT2D eigenvalue weighted by Gasteiger charge is -2.18. The Morgan fingerprint density at radius 2 is 1.60 bits per heavy atom. The van der Waals surface area contributed by atoms with Crippen LogP contribution in [-0.4, -0.2) is 25.3 Å². The Balaban J connectivity index is 2.37. The molecule has 0 saturated heterocycles. The summed E-state index contributed by atoms with van der Waals surface area (Å²) < 4.78 is 24.8. The Morgan fingerprint density at radius 3 is 2.30 bits per heavy atom. The fourth-order valence-electron chi connectivity index (χ4n) is 2.23. The highest BCUT2D eigenvalue weighted by atomic mass is 32.2. The average Bonchev–Trinajstić information content (AvgIpc) is 2.44. The molecule has 1 N–H and O–H groups in total. The van der Waals surface area contributed by atoms with Gasteiger partial charge in [-0.2, -0.15) is 0 Å². The summed E-state index contributed by atoms with van der Waals surface area (Å²) in [4.78, 5) is 23.1. The van der Waals surface area contributed by atoms with E-state index in [2.05, 4.69) is 0 Å². The lowest BCUT2D eigenvalue weighted by Crippen LogP contribution is -2.20. The summed E-state index contributed by atoms with van der Waals surface area (Å²) in [6, 6.07) is 9.36. The van der Waals surface area contributed by atoms with Crippen LogP contribution >= 0.6 is 0 Å². The molecule has 0 bridgehead atoms. The smallest absolute Gasteiger partial charge is 0.335 e. The van der Waals surface area contributed by atoms with Crippen molar-refractivity contribution in [3.05, 3.63) is 59.2 Å². The van der Waals surface area contributed by atoms with Gasteiger partial charge in [-0.25, -0.2) is 13.2 Å². The van der Waals surface area contributed by atoms with E-state index in [1.165, 1.54) is 24.3 Å². The summed E-state index contributed by atoms with van der Waals surface area (Å²) in [5.41, 5.74) is -0.141. The maximum atomic E-state index is 12.4. The number of aromatic carboxylic acids is 1. The van der Waals surface area contributed by atoms with Gasteiger partial charge in [0, 0.05) is 11.1 Å². The number of ketones is 1. The van der Waals surface area contributed by atoms with Gasteiger partial charge in [-0.05, 0) is 30.3 Å². The number of hydrogen-bond acceptors (Lipinski definition) is 4. The molecule has 0 fully saturated rings. The number of carbonyl (C=O) groups excluding carboxylic acids is 1. The zero-order chi connectivity index (χ0) is 14.5. The molecular weight excluding hydrogens is 280 g/mol. The number of carbonyl (C=O) groups is 2. The molecule has 3 rings (SSSR count). The molecule has 0 aromatic heterocycles. The molecule has 1 heterocycles. The van der Waals surface area contributed by atoms with Crippen LogP contribution in [0.4, 0.5) is 0 Å². The number of carboxylic acid groups (broad SMARTS) is 1. The third kappa shape index (κ3) is 1.58. The zero-order valence-corrected chi connectivity index (χ0v) is 10.8. The molecule has 2 aromatic rings. The minimum Gasteiger partial charge on any atom is -0.478 e. The van der Waals surface area contributed by atoms with Gasteiger partial charge in [0.1, 0.15) is 0 Å². The van der Waals surface area contributed by atoms with E-state index < -0.39 is 21.6 Å². The Bertz CT molecular complexity index is 865. The van der Waals surface area contributed by atoms with E-state index >= 15 is 0 Å². The van der Waals surface area contributed by atoms with Gasteiger partial charge in [-0.15, -0.1) is 0 Å². The predicted octanol–water partition coefficient (Wildman–Crippen LogP) is 1.76.